The summed E-state index contributed by atoms with van der Waals surface area (Å²) >= 11 is 0. The van der Waals surface area contributed by atoms with E-state index in [1.54, 1.807) is 12.1 Å². The summed E-state index contributed by atoms with van der Waals surface area (Å²) in [5.74, 6) is -0.397. The molecule has 1 aromatic carbocycles. The summed E-state index contributed by atoms with van der Waals surface area (Å²) in [6, 6.07) is 5.80. The molecule has 7 heteroatoms. The lowest BCUT2D eigenvalue weighted by Gasteiger charge is -2.08. The van der Waals surface area contributed by atoms with Gasteiger partial charge in [0.15, 0.2) is 9.84 Å². The van der Waals surface area contributed by atoms with E-state index in [1.165, 1.54) is 18.4 Å². The van der Waals surface area contributed by atoms with Gasteiger partial charge in [-0.3, -0.25) is 0 Å². The van der Waals surface area contributed by atoms with Gasteiger partial charge in [0.1, 0.15) is 12.1 Å². The number of hydrogen-bond acceptors (Lipinski definition) is 5. The monoisotopic (exact) mass is 325 g/mol. The van der Waals surface area contributed by atoms with Gasteiger partial charge in [-0.25, -0.2) is 17.8 Å². The Hall–Kier alpha value is -1.73. The van der Waals surface area contributed by atoms with Gasteiger partial charge in [-0.15, -0.1) is 0 Å². The summed E-state index contributed by atoms with van der Waals surface area (Å²) in [5, 5.41) is 0. The molecule has 2 heterocycles. The van der Waals surface area contributed by atoms with Crippen molar-refractivity contribution in [1.29, 1.82) is 0 Å². The lowest BCUT2D eigenvalue weighted by molar-refractivity contribution is 0.127. The van der Waals surface area contributed by atoms with Crippen molar-refractivity contribution < 1.29 is 22.0 Å². The number of rotatable bonds is 5. The van der Waals surface area contributed by atoms with Crippen molar-refractivity contribution in [2.45, 2.75) is 24.7 Å². The lowest BCUT2D eigenvalue weighted by atomic mass is 10.2. The molecule has 1 aromatic heterocycles. The Kier molecular flexibility index (Phi) is 4.26. The van der Waals surface area contributed by atoms with Gasteiger partial charge < -0.3 is 9.15 Å². The number of benzene rings is 1. The van der Waals surface area contributed by atoms with E-state index in [1.807, 2.05) is 0 Å². The molecule has 0 N–H and O–H groups in total. The molecule has 1 aliphatic rings. The molecule has 2 aromatic rings. The number of halogens is 1. The zero-order chi connectivity index (χ0) is 15.6. The average molecular weight is 325 g/mol. The summed E-state index contributed by atoms with van der Waals surface area (Å²) < 4.78 is 48.0. The first kappa shape index (κ1) is 15.2. The summed E-state index contributed by atoms with van der Waals surface area (Å²) in [7, 11) is -3.32. The molecule has 5 nitrogen and oxygen atoms in total. The molecule has 0 amide bonds. The van der Waals surface area contributed by atoms with Crippen LogP contribution in [0.5, 0.6) is 0 Å². The van der Waals surface area contributed by atoms with Gasteiger partial charge in [-0.05, 0) is 31.0 Å². The first-order valence-corrected chi connectivity index (χ1v) is 8.86. The van der Waals surface area contributed by atoms with Gasteiger partial charge >= 0.3 is 0 Å². The van der Waals surface area contributed by atoms with E-state index in [4.69, 9.17) is 9.15 Å². The maximum atomic E-state index is 13.2. The highest BCUT2D eigenvalue weighted by atomic mass is 32.2. The van der Waals surface area contributed by atoms with Gasteiger partial charge in [0.25, 0.3) is 0 Å². The number of sulfone groups is 1. The molecule has 1 saturated heterocycles. The molecule has 1 fully saturated rings. The Bertz CT molecular complexity index is 750. The molecule has 22 heavy (non-hydrogen) atoms. The van der Waals surface area contributed by atoms with Crippen molar-refractivity contribution in [2.24, 2.45) is 0 Å². The van der Waals surface area contributed by atoms with Crippen LogP contribution in [-0.2, 0) is 20.3 Å². The molecular weight excluding hydrogens is 309 g/mol. The van der Waals surface area contributed by atoms with Crippen LogP contribution in [-0.4, -0.2) is 31.9 Å². The molecule has 0 saturated carbocycles. The minimum Gasteiger partial charge on any atom is -0.444 e. The molecular formula is C15H16FNO4S. The van der Waals surface area contributed by atoms with E-state index in [-0.39, 0.29) is 23.5 Å². The second kappa shape index (κ2) is 6.18. The summed E-state index contributed by atoms with van der Waals surface area (Å²) in [6.07, 6.45) is 2.74. The molecule has 118 valence electrons. The molecule has 1 aliphatic heterocycles. The summed E-state index contributed by atoms with van der Waals surface area (Å²) in [4.78, 5) is 4.13. The van der Waals surface area contributed by atoms with E-state index in [0.717, 1.165) is 12.8 Å². The molecule has 3 rings (SSSR count). The van der Waals surface area contributed by atoms with E-state index in [9.17, 15) is 12.8 Å². The fourth-order valence-electron chi connectivity index (χ4n) is 2.47. The third kappa shape index (κ3) is 3.72. The van der Waals surface area contributed by atoms with Crippen LogP contribution in [0.1, 0.15) is 18.5 Å². The number of oxazole rings is 1. The topological polar surface area (TPSA) is 69.4 Å². The predicted octanol–water partition coefficient (Wildman–Crippen LogP) is 2.57. The van der Waals surface area contributed by atoms with Crippen LogP contribution in [0.25, 0.3) is 11.5 Å². The maximum absolute atomic E-state index is 13.2. The average Bonchev–Trinajstić information content (AvgIpc) is 3.09. The number of ether oxygens (including phenoxy) is 1. The van der Waals surface area contributed by atoms with Gasteiger partial charge in [0.2, 0.25) is 5.89 Å². The van der Waals surface area contributed by atoms with E-state index in [2.05, 4.69) is 4.98 Å². The minimum atomic E-state index is -3.32. The zero-order valence-electron chi connectivity index (χ0n) is 11.9. The van der Waals surface area contributed by atoms with Crippen LogP contribution in [0.3, 0.4) is 0 Å². The van der Waals surface area contributed by atoms with Crippen molar-refractivity contribution in [3.63, 3.8) is 0 Å². The number of nitrogens with zero attached hydrogens (tertiary/aromatic N) is 1. The normalized spacial score (nSPS) is 18.7. The smallest absolute Gasteiger partial charge is 0.226 e. The van der Waals surface area contributed by atoms with Gasteiger partial charge in [-0.1, -0.05) is 6.07 Å². The van der Waals surface area contributed by atoms with Crippen LogP contribution in [0.15, 0.2) is 34.9 Å². The predicted molar refractivity (Wildman–Crippen MR) is 78.4 cm³/mol. The minimum absolute atomic E-state index is 0.00480. The highest BCUT2D eigenvalue weighted by Crippen LogP contribution is 2.21. The van der Waals surface area contributed by atoms with Crippen LogP contribution in [0, 0.1) is 5.82 Å². The molecule has 0 radical (unpaired) electrons. The second-order valence-corrected chi connectivity index (χ2v) is 7.45. The highest BCUT2D eigenvalue weighted by molar-refractivity contribution is 7.90. The Morgan fingerprint density at radius 2 is 2.23 bits per heavy atom. The Labute approximate surface area is 128 Å². The van der Waals surface area contributed by atoms with Gasteiger partial charge in [-0.2, -0.15) is 0 Å². The quantitative estimate of drug-likeness (QED) is 0.845. The van der Waals surface area contributed by atoms with Gasteiger partial charge in [0, 0.05) is 12.2 Å². The van der Waals surface area contributed by atoms with Crippen LogP contribution in [0.2, 0.25) is 0 Å². The molecule has 0 spiro atoms. The fraction of sp³-hybridized carbons (Fsp3) is 0.400. The second-order valence-electron chi connectivity index (χ2n) is 5.34. The molecule has 1 atom stereocenters. The summed E-state index contributed by atoms with van der Waals surface area (Å²) in [6.45, 7) is 0.619. The van der Waals surface area contributed by atoms with E-state index < -0.39 is 15.7 Å². The third-order valence-corrected chi connectivity index (χ3v) is 5.07. The largest absolute Gasteiger partial charge is 0.444 e. The standard InChI is InChI=1S/C15H16FNO4S/c16-12-4-1-3-11(7-12)15-17-13(8-21-15)9-22(18,19)10-14-5-2-6-20-14/h1,3-4,7-8,14H,2,5-6,9-10H2/t14-/m1/s1. The van der Waals surface area contributed by atoms with Crippen LogP contribution >= 0.6 is 0 Å². The van der Waals surface area contributed by atoms with Crippen molar-refractivity contribution in [3.8, 4) is 11.5 Å². The Balaban J connectivity index is 1.71. The van der Waals surface area contributed by atoms with Crippen LogP contribution < -0.4 is 0 Å². The zero-order valence-corrected chi connectivity index (χ0v) is 12.7. The highest BCUT2D eigenvalue weighted by Gasteiger charge is 2.24. The molecule has 0 aliphatic carbocycles. The molecule has 0 unspecified atom stereocenters. The van der Waals surface area contributed by atoms with Crippen LogP contribution in [0.4, 0.5) is 4.39 Å². The van der Waals surface area contributed by atoms with Crippen molar-refractivity contribution in [2.75, 3.05) is 12.4 Å². The summed E-state index contributed by atoms with van der Waals surface area (Å²) in [5.41, 5.74) is 0.792. The SMILES string of the molecule is O=S(=O)(Cc1coc(-c2cccc(F)c2)n1)C[C@H]1CCCO1. The fourth-order valence-corrected chi connectivity index (χ4v) is 4.00. The number of aromatic nitrogens is 1. The van der Waals surface area contributed by atoms with E-state index in [0.29, 0.717) is 17.9 Å². The van der Waals surface area contributed by atoms with Crippen molar-refractivity contribution >= 4 is 9.84 Å². The Morgan fingerprint density at radius 1 is 1.36 bits per heavy atom. The van der Waals surface area contributed by atoms with E-state index >= 15 is 0 Å². The van der Waals surface area contributed by atoms with Gasteiger partial charge in [0.05, 0.1) is 23.3 Å². The van der Waals surface area contributed by atoms with Crippen molar-refractivity contribution in [1.82, 2.24) is 4.98 Å². The Morgan fingerprint density at radius 3 is 2.95 bits per heavy atom. The first-order chi connectivity index (χ1) is 10.5. The third-order valence-electron chi connectivity index (χ3n) is 3.45. The first-order valence-electron chi connectivity index (χ1n) is 7.04. The maximum Gasteiger partial charge on any atom is 0.226 e. The number of hydrogen-bond donors (Lipinski definition) is 0. The van der Waals surface area contributed by atoms with Crippen molar-refractivity contribution in [3.05, 3.63) is 42.0 Å². The lowest BCUT2D eigenvalue weighted by Crippen LogP contribution is -2.21. The molecule has 0 bridgehead atoms.